The van der Waals surface area contributed by atoms with E-state index in [2.05, 4.69) is 0 Å². The zero-order chi connectivity index (χ0) is 5.15. The average molecular weight is 117 g/mol. The molecule has 2 N–H and O–H groups in total. The summed E-state index contributed by atoms with van der Waals surface area (Å²) in [6.45, 7) is 0. The number of hydrogen-bond donors (Lipinski definition) is 2. The van der Waals surface area contributed by atoms with Gasteiger partial charge in [0.15, 0.2) is 0 Å². The van der Waals surface area contributed by atoms with Crippen molar-refractivity contribution in [3.63, 3.8) is 0 Å². The number of aliphatic carboxylic acids is 2. The van der Waals surface area contributed by atoms with Crippen molar-refractivity contribution in [2.24, 2.45) is 0 Å². The monoisotopic (exact) mass is 117 g/mol. The standard InChI is InChI=1S/C2H2O4.Al/c3-1(4)2(5)6;/h(H,3,4)(H,5,6);/q;+3. The van der Waals surface area contributed by atoms with Crippen LogP contribution in [0.25, 0.3) is 0 Å². The summed E-state index contributed by atoms with van der Waals surface area (Å²) in [6, 6.07) is 0. The Labute approximate surface area is 49.9 Å². The zero-order valence-electron chi connectivity index (χ0n) is 3.29. The van der Waals surface area contributed by atoms with Crippen LogP contribution in [0.4, 0.5) is 0 Å². The van der Waals surface area contributed by atoms with Crippen LogP contribution in [0.2, 0.25) is 0 Å². The van der Waals surface area contributed by atoms with Crippen LogP contribution in [-0.4, -0.2) is 39.5 Å². The van der Waals surface area contributed by atoms with Gasteiger partial charge in [0, 0.05) is 0 Å². The van der Waals surface area contributed by atoms with Gasteiger partial charge in [0.2, 0.25) is 0 Å². The van der Waals surface area contributed by atoms with Gasteiger partial charge >= 0.3 is 29.3 Å². The van der Waals surface area contributed by atoms with Crippen molar-refractivity contribution in [3.05, 3.63) is 0 Å². The summed E-state index contributed by atoms with van der Waals surface area (Å²) in [5, 5.41) is 14.8. The van der Waals surface area contributed by atoms with Gasteiger partial charge in [0.25, 0.3) is 0 Å². The molecule has 0 aliphatic heterocycles. The quantitative estimate of drug-likeness (QED) is 0.308. The van der Waals surface area contributed by atoms with Gasteiger partial charge in [0.05, 0.1) is 0 Å². The van der Waals surface area contributed by atoms with E-state index in [0.717, 1.165) is 0 Å². The second kappa shape index (κ2) is 3.66. The fraction of sp³-hybridized carbons (Fsp3) is 0. The van der Waals surface area contributed by atoms with Crippen molar-refractivity contribution in [2.45, 2.75) is 0 Å². The topological polar surface area (TPSA) is 74.6 Å². The molecule has 0 atom stereocenters. The maximum atomic E-state index is 9.10. The van der Waals surface area contributed by atoms with E-state index in [4.69, 9.17) is 19.8 Å². The SMILES string of the molecule is O=C(O)C(=O)O.[Al+3]. The Morgan fingerprint density at radius 3 is 1.14 bits per heavy atom. The molecule has 34 valence electrons. The van der Waals surface area contributed by atoms with E-state index in [0.29, 0.717) is 0 Å². The molecule has 0 aromatic heterocycles. The minimum absolute atomic E-state index is 0. The van der Waals surface area contributed by atoms with Crippen molar-refractivity contribution >= 4 is 29.3 Å². The largest absolute Gasteiger partial charge is 3.00 e. The molecule has 0 spiro atoms. The number of rotatable bonds is 0. The summed E-state index contributed by atoms with van der Waals surface area (Å²) < 4.78 is 0. The van der Waals surface area contributed by atoms with E-state index < -0.39 is 11.9 Å². The van der Waals surface area contributed by atoms with Crippen molar-refractivity contribution in [1.29, 1.82) is 0 Å². The fourth-order valence-corrected chi connectivity index (χ4v) is 0. The predicted molar refractivity (Wildman–Crippen MR) is 21.0 cm³/mol. The summed E-state index contributed by atoms with van der Waals surface area (Å²) in [7, 11) is 0. The molecule has 0 aliphatic carbocycles. The van der Waals surface area contributed by atoms with Crippen LogP contribution in [0.3, 0.4) is 0 Å². The molecule has 5 heteroatoms. The molecule has 7 heavy (non-hydrogen) atoms. The molecule has 0 amide bonds. The first-order valence-corrected chi connectivity index (χ1v) is 1.11. The van der Waals surface area contributed by atoms with Gasteiger partial charge in [-0.2, -0.15) is 0 Å². The van der Waals surface area contributed by atoms with Gasteiger partial charge in [-0.3, -0.25) is 0 Å². The van der Waals surface area contributed by atoms with E-state index in [-0.39, 0.29) is 17.4 Å². The van der Waals surface area contributed by atoms with Gasteiger partial charge in [-0.25, -0.2) is 9.59 Å². The molecule has 4 nitrogen and oxygen atoms in total. The van der Waals surface area contributed by atoms with Crippen molar-refractivity contribution < 1.29 is 19.8 Å². The zero-order valence-corrected chi connectivity index (χ0v) is 4.44. The van der Waals surface area contributed by atoms with Crippen LogP contribution in [-0.2, 0) is 9.59 Å². The first kappa shape index (κ1) is 9.69. The maximum Gasteiger partial charge on any atom is 3.00 e. The maximum absolute atomic E-state index is 9.10. The van der Waals surface area contributed by atoms with Gasteiger partial charge < -0.3 is 10.2 Å². The van der Waals surface area contributed by atoms with E-state index in [1.54, 1.807) is 0 Å². The molecule has 0 fully saturated rings. The number of carboxylic acid groups (broad SMARTS) is 2. The van der Waals surface area contributed by atoms with Crippen LogP contribution in [0.1, 0.15) is 0 Å². The molecule has 0 bridgehead atoms. The molecular weight excluding hydrogens is 115 g/mol. The molecule has 0 aromatic carbocycles. The molecular formula is C2H2AlO4+3. The van der Waals surface area contributed by atoms with E-state index in [1.165, 1.54) is 0 Å². The molecule has 0 saturated carbocycles. The molecule has 0 radical (unpaired) electrons. The summed E-state index contributed by atoms with van der Waals surface area (Å²) in [6.07, 6.45) is 0. The Bertz CT molecular complexity index is 75.7. The molecule has 0 aliphatic rings. The van der Waals surface area contributed by atoms with Gasteiger partial charge in [-0.15, -0.1) is 0 Å². The Morgan fingerprint density at radius 2 is 1.14 bits per heavy atom. The average Bonchev–Trinajstić information content (AvgIpc) is 1.36. The molecule has 0 saturated heterocycles. The second-order valence-corrected chi connectivity index (χ2v) is 0.610. The summed E-state index contributed by atoms with van der Waals surface area (Å²) >= 11 is 0. The molecule has 0 rings (SSSR count). The fourth-order valence-electron chi connectivity index (χ4n) is 0. The van der Waals surface area contributed by atoms with Gasteiger partial charge in [0.1, 0.15) is 0 Å². The first-order valence-electron chi connectivity index (χ1n) is 1.11. The van der Waals surface area contributed by atoms with E-state index in [1.807, 2.05) is 0 Å². The predicted octanol–water partition coefficient (Wildman–Crippen LogP) is -1.23. The van der Waals surface area contributed by atoms with Crippen molar-refractivity contribution in [1.82, 2.24) is 0 Å². The Hall–Kier alpha value is -0.528. The van der Waals surface area contributed by atoms with E-state index in [9.17, 15) is 0 Å². The Kier molecular flexibility index (Phi) is 5.06. The van der Waals surface area contributed by atoms with Crippen LogP contribution in [0.15, 0.2) is 0 Å². The summed E-state index contributed by atoms with van der Waals surface area (Å²) in [5.74, 6) is -3.65. The minimum atomic E-state index is -1.82. The van der Waals surface area contributed by atoms with Crippen LogP contribution in [0.5, 0.6) is 0 Å². The number of carbonyl (C=O) groups is 2. The third kappa shape index (κ3) is 5.47. The third-order valence-corrected chi connectivity index (χ3v) is 0.183. The number of hydrogen-bond acceptors (Lipinski definition) is 2. The smallest absolute Gasteiger partial charge is 0.473 e. The van der Waals surface area contributed by atoms with Crippen LogP contribution >= 0.6 is 0 Å². The molecule has 0 aromatic rings. The summed E-state index contributed by atoms with van der Waals surface area (Å²) in [5.41, 5.74) is 0. The Balaban J connectivity index is 0. The first-order chi connectivity index (χ1) is 2.64. The van der Waals surface area contributed by atoms with Crippen LogP contribution in [0, 0.1) is 0 Å². The second-order valence-electron chi connectivity index (χ2n) is 0.610. The molecule has 0 unspecified atom stereocenters. The minimum Gasteiger partial charge on any atom is -0.473 e. The van der Waals surface area contributed by atoms with Crippen LogP contribution < -0.4 is 0 Å². The molecule has 0 heterocycles. The number of carboxylic acids is 2. The van der Waals surface area contributed by atoms with Gasteiger partial charge in [-0.1, -0.05) is 0 Å². The van der Waals surface area contributed by atoms with Crippen molar-refractivity contribution in [3.8, 4) is 0 Å². The van der Waals surface area contributed by atoms with E-state index >= 15 is 0 Å². The van der Waals surface area contributed by atoms with Crippen molar-refractivity contribution in [2.75, 3.05) is 0 Å². The summed E-state index contributed by atoms with van der Waals surface area (Å²) in [4.78, 5) is 18.2. The Morgan fingerprint density at radius 1 is 1.00 bits per heavy atom. The normalized spacial score (nSPS) is 6.29. The third-order valence-electron chi connectivity index (χ3n) is 0.183. The van der Waals surface area contributed by atoms with Gasteiger partial charge in [-0.05, 0) is 0 Å².